The first kappa shape index (κ1) is 19.4. The lowest BCUT2D eigenvalue weighted by molar-refractivity contribution is 0.0953. The zero-order valence-electron chi connectivity index (χ0n) is 14.5. The highest BCUT2D eigenvalue weighted by Gasteiger charge is 2.09. The van der Waals surface area contributed by atoms with Gasteiger partial charge in [0.15, 0.2) is 0 Å². The lowest BCUT2D eigenvalue weighted by Gasteiger charge is -2.07. The van der Waals surface area contributed by atoms with Gasteiger partial charge in [-0.05, 0) is 60.2 Å². The van der Waals surface area contributed by atoms with Crippen LogP contribution in [-0.4, -0.2) is 18.0 Å². The van der Waals surface area contributed by atoms with Gasteiger partial charge in [0.1, 0.15) is 5.82 Å². The number of hydrogen-bond donors (Lipinski definition) is 2. The molecule has 0 saturated carbocycles. The van der Waals surface area contributed by atoms with Crippen molar-refractivity contribution in [1.82, 2.24) is 5.43 Å². The molecule has 3 rings (SSSR count). The van der Waals surface area contributed by atoms with Crippen molar-refractivity contribution in [2.75, 3.05) is 5.32 Å². The highest BCUT2D eigenvalue weighted by molar-refractivity contribution is 9.10. The minimum atomic E-state index is -0.418. The van der Waals surface area contributed by atoms with E-state index < -0.39 is 17.6 Å². The monoisotopic (exact) mass is 439 g/mol. The largest absolute Gasteiger partial charge is 0.322 e. The van der Waals surface area contributed by atoms with Crippen LogP contribution in [0.4, 0.5) is 10.1 Å². The summed E-state index contributed by atoms with van der Waals surface area (Å²) in [5.41, 5.74) is 4.38. The molecule has 0 unspecified atom stereocenters. The van der Waals surface area contributed by atoms with E-state index in [4.69, 9.17) is 0 Å². The van der Waals surface area contributed by atoms with Gasteiger partial charge in [-0.2, -0.15) is 5.10 Å². The normalized spacial score (nSPS) is 10.6. The van der Waals surface area contributed by atoms with E-state index in [1.54, 1.807) is 18.2 Å². The molecule has 0 spiro atoms. The van der Waals surface area contributed by atoms with Crippen LogP contribution in [0.1, 0.15) is 26.3 Å². The summed E-state index contributed by atoms with van der Waals surface area (Å²) >= 11 is 3.35. The van der Waals surface area contributed by atoms with Gasteiger partial charge in [-0.1, -0.05) is 34.1 Å². The summed E-state index contributed by atoms with van der Waals surface area (Å²) in [4.78, 5) is 24.4. The van der Waals surface area contributed by atoms with Crippen molar-refractivity contribution in [3.05, 3.63) is 99.8 Å². The summed E-state index contributed by atoms with van der Waals surface area (Å²) in [6, 6.07) is 19.1. The van der Waals surface area contributed by atoms with Crippen molar-refractivity contribution in [3.63, 3.8) is 0 Å². The molecule has 5 nitrogen and oxygen atoms in total. The minimum absolute atomic E-state index is 0.315. The number of rotatable bonds is 5. The maximum atomic E-state index is 13.0. The van der Waals surface area contributed by atoms with Gasteiger partial charge in [0, 0.05) is 21.3 Å². The van der Waals surface area contributed by atoms with Crippen LogP contribution in [0.5, 0.6) is 0 Å². The molecular formula is C21H15BrFN3O2. The second-order valence-electron chi connectivity index (χ2n) is 5.79. The van der Waals surface area contributed by atoms with E-state index in [1.165, 1.54) is 36.5 Å². The maximum absolute atomic E-state index is 13.0. The highest BCUT2D eigenvalue weighted by Crippen LogP contribution is 2.13. The predicted octanol–water partition coefficient (Wildman–Crippen LogP) is 4.60. The Morgan fingerprint density at radius 3 is 2.32 bits per heavy atom. The van der Waals surface area contributed by atoms with Gasteiger partial charge in [-0.3, -0.25) is 9.59 Å². The van der Waals surface area contributed by atoms with Crippen LogP contribution in [0.2, 0.25) is 0 Å². The van der Waals surface area contributed by atoms with Gasteiger partial charge in [-0.25, -0.2) is 9.82 Å². The van der Waals surface area contributed by atoms with E-state index >= 15 is 0 Å². The number of carbonyl (C=O) groups excluding carboxylic acids is 2. The van der Waals surface area contributed by atoms with Crippen LogP contribution in [0.25, 0.3) is 0 Å². The third-order valence-electron chi connectivity index (χ3n) is 3.74. The second kappa shape index (κ2) is 9.05. The first-order valence-corrected chi connectivity index (χ1v) is 9.06. The summed E-state index contributed by atoms with van der Waals surface area (Å²) < 4.78 is 13.9. The highest BCUT2D eigenvalue weighted by atomic mass is 79.9. The molecule has 0 aliphatic carbocycles. The van der Waals surface area contributed by atoms with E-state index in [2.05, 4.69) is 31.8 Å². The zero-order valence-corrected chi connectivity index (χ0v) is 16.1. The van der Waals surface area contributed by atoms with E-state index in [1.807, 2.05) is 24.3 Å². The molecule has 140 valence electrons. The second-order valence-corrected chi connectivity index (χ2v) is 6.71. The zero-order chi connectivity index (χ0) is 19.9. The lowest BCUT2D eigenvalue weighted by Crippen LogP contribution is -2.18. The van der Waals surface area contributed by atoms with Crippen molar-refractivity contribution in [1.29, 1.82) is 0 Å². The molecule has 3 aromatic carbocycles. The fourth-order valence-corrected chi connectivity index (χ4v) is 2.59. The SMILES string of the molecule is O=C(N/N=C/c1ccc(Br)cc1)c1cccc(NC(=O)c2ccc(F)cc2)c1. The number of carbonyl (C=O) groups is 2. The summed E-state index contributed by atoms with van der Waals surface area (Å²) in [7, 11) is 0. The molecule has 7 heteroatoms. The van der Waals surface area contributed by atoms with Crippen molar-refractivity contribution >= 4 is 39.6 Å². The van der Waals surface area contributed by atoms with Crippen molar-refractivity contribution in [3.8, 4) is 0 Å². The van der Waals surface area contributed by atoms with Crippen LogP contribution >= 0.6 is 15.9 Å². The number of nitrogens with zero attached hydrogens (tertiary/aromatic N) is 1. The smallest absolute Gasteiger partial charge is 0.271 e. The molecule has 0 fully saturated rings. The molecule has 2 amide bonds. The number of halogens is 2. The summed E-state index contributed by atoms with van der Waals surface area (Å²) in [5.74, 6) is -1.23. The Bertz CT molecular complexity index is 1020. The number of hydrazone groups is 1. The van der Waals surface area contributed by atoms with Crippen LogP contribution in [0, 0.1) is 5.82 Å². The molecule has 2 N–H and O–H groups in total. The van der Waals surface area contributed by atoms with Crippen molar-refractivity contribution in [2.24, 2.45) is 5.10 Å². The van der Waals surface area contributed by atoms with Crippen LogP contribution < -0.4 is 10.7 Å². The summed E-state index contributed by atoms with van der Waals surface area (Å²) in [6.07, 6.45) is 1.53. The quantitative estimate of drug-likeness (QED) is 0.450. The third-order valence-corrected chi connectivity index (χ3v) is 4.27. The number of nitrogens with one attached hydrogen (secondary N) is 2. The Balaban J connectivity index is 1.63. The van der Waals surface area contributed by atoms with Gasteiger partial charge in [0.2, 0.25) is 0 Å². The molecule has 0 aromatic heterocycles. The number of hydrogen-bond acceptors (Lipinski definition) is 3. The Kier molecular flexibility index (Phi) is 6.29. The Labute approximate surface area is 169 Å². The third kappa shape index (κ3) is 5.34. The van der Waals surface area contributed by atoms with Crippen LogP contribution in [0.15, 0.2) is 82.4 Å². The predicted molar refractivity (Wildman–Crippen MR) is 110 cm³/mol. The van der Waals surface area contributed by atoms with Gasteiger partial charge in [-0.15, -0.1) is 0 Å². The van der Waals surface area contributed by atoms with E-state index in [0.29, 0.717) is 16.8 Å². The van der Waals surface area contributed by atoms with E-state index in [9.17, 15) is 14.0 Å². The Morgan fingerprint density at radius 2 is 1.61 bits per heavy atom. The number of benzene rings is 3. The topological polar surface area (TPSA) is 70.6 Å². The fourth-order valence-electron chi connectivity index (χ4n) is 2.32. The van der Waals surface area contributed by atoms with Gasteiger partial charge in [0.25, 0.3) is 11.8 Å². The molecule has 0 atom stereocenters. The Morgan fingerprint density at radius 1 is 0.893 bits per heavy atom. The van der Waals surface area contributed by atoms with Gasteiger partial charge >= 0.3 is 0 Å². The lowest BCUT2D eigenvalue weighted by atomic mass is 10.1. The van der Waals surface area contributed by atoms with Gasteiger partial charge < -0.3 is 5.32 Å². The molecule has 28 heavy (non-hydrogen) atoms. The first-order valence-electron chi connectivity index (χ1n) is 8.27. The molecule has 0 radical (unpaired) electrons. The fraction of sp³-hybridized carbons (Fsp3) is 0. The first-order chi connectivity index (χ1) is 13.5. The van der Waals surface area contributed by atoms with Gasteiger partial charge in [0.05, 0.1) is 6.21 Å². The van der Waals surface area contributed by atoms with Crippen molar-refractivity contribution < 1.29 is 14.0 Å². The average molecular weight is 440 g/mol. The molecule has 0 aliphatic rings. The molecular weight excluding hydrogens is 425 g/mol. The van der Waals surface area contributed by atoms with Crippen LogP contribution in [0.3, 0.4) is 0 Å². The number of anilines is 1. The molecule has 0 aliphatic heterocycles. The molecule has 0 saturated heterocycles. The van der Waals surface area contributed by atoms with Crippen molar-refractivity contribution in [2.45, 2.75) is 0 Å². The average Bonchev–Trinajstić information content (AvgIpc) is 2.70. The Hall–Kier alpha value is -3.32. The summed E-state index contributed by atoms with van der Waals surface area (Å²) in [5, 5.41) is 6.61. The van der Waals surface area contributed by atoms with E-state index in [0.717, 1.165) is 10.0 Å². The molecule has 0 heterocycles. The van der Waals surface area contributed by atoms with Crippen LogP contribution in [-0.2, 0) is 0 Å². The standard InChI is InChI=1S/C21H15BrFN3O2/c22-17-8-4-14(5-9-17)13-24-26-21(28)16-2-1-3-19(12-16)25-20(27)15-6-10-18(23)11-7-15/h1-13H,(H,25,27)(H,26,28)/b24-13+. The molecule has 3 aromatic rings. The summed E-state index contributed by atoms with van der Waals surface area (Å²) in [6.45, 7) is 0. The minimum Gasteiger partial charge on any atom is -0.322 e. The number of amides is 2. The van der Waals surface area contributed by atoms with E-state index in [-0.39, 0.29) is 0 Å². The maximum Gasteiger partial charge on any atom is 0.271 e. The molecule has 0 bridgehead atoms.